The van der Waals surface area contributed by atoms with Crippen molar-refractivity contribution < 1.29 is 5.11 Å². The number of aromatic nitrogens is 4. The Morgan fingerprint density at radius 2 is 2.31 bits per heavy atom. The first-order valence-corrected chi connectivity index (χ1v) is 5.75. The van der Waals surface area contributed by atoms with E-state index in [2.05, 4.69) is 10.1 Å². The topological polar surface area (TPSA) is 55.4 Å². The lowest BCUT2D eigenvalue weighted by atomic mass is 10.4. The van der Waals surface area contributed by atoms with Crippen molar-refractivity contribution in [1.82, 2.24) is 19.2 Å². The molecule has 16 heavy (non-hydrogen) atoms. The number of rotatable bonds is 2. The lowest BCUT2D eigenvalue weighted by Gasteiger charge is -1.99. The number of aliphatic hydroxyl groups is 1. The normalized spacial score (nSPS) is 11.4. The highest BCUT2D eigenvalue weighted by molar-refractivity contribution is 7.15. The van der Waals surface area contributed by atoms with Crippen LogP contribution >= 0.6 is 11.3 Å². The van der Waals surface area contributed by atoms with Gasteiger partial charge in [0.2, 0.25) is 0 Å². The molecule has 3 rings (SSSR count). The summed E-state index contributed by atoms with van der Waals surface area (Å²) in [7, 11) is 0. The first-order valence-electron chi connectivity index (χ1n) is 4.87. The van der Waals surface area contributed by atoms with Crippen molar-refractivity contribution in [2.75, 3.05) is 0 Å². The summed E-state index contributed by atoms with van der Waals surface area (Å²) in [6.07, 6.45) is 3.75. The second-order valence-corrected chi connectivity index (χ2v) is 4.37. The SMILES string of the molecule is Cc1ccn(-c2nc3sccn3c2CO)n1. The van der Waals surface area contributed by atoms with Crippen molar-refractivity contribution >= 4 is 16.3 Å². The Labute approximate surface area is 95.6 Å². The quantitative estimate of drug-likeness (QED) is 0.729. The van der Waals surface area contributed by atoms with E-state index in [4.69, 9.17) is 0 Å². The monoisotopic (exact) mass is 234 g/mol. The molecule has 3 aromatic rings. The molecular weight excluding hydrogens is 224 g/mol. The van der Waals surface area contributed by atoms with Gasteiger partial charge in [0.25, 0.3) is 0 Å². The van der Waals surface area contributed by atoms with Gasteiger partial charge in [-0.15, -0.1) is 11.3 Å². The Hall–Kier alpha value is -1.66. The van der Waals surface area contributed by atoms with E-state index in [-0.39, 0.29) is 6.61 Å². The van der Waals surface area contributed by atoms with Crippen molar-refractivity contribution in [2.45, 2.75) is 13.5 Å². The average Bonchev–Trinajstić information content (AvgIpc) is 2.90. The van der Waals surface area contributed by atoms with E-state index in [1.165, 1.54) is 11.3 Å². The van der Waals surface area contributed by atoms with Crippen molar-refractivity contribution in [1.29, 1.82) is 0 Å². The minimum atomic E-state index is -0.0495. The molecule has 0 saturated carbocycles. The summed E-state index contributed by atoms with van der Waals surface area (Å²) in [6, 6.07) is 1.91. The molecule has 0 radical (unpaired) electrons. The van der Waals surface area contributed by atoms with Crippen LogP contribution in [0.5, 0.6) is 0 Å². The Kier molecular flexibility index (Phi) is 2.05. The van der Waals surface area contributed by atoms with Gasteiger partial charge >= 0.3 is 0 Å². The molecular formula is C10H10N4OS. The molecule has 1 N–H and O–H groups in total. The van der Waals surface area contributed by atoms with Crippen molar-refractivity contribution in [3.8, 4) is 5.82 Å². The van der Waals surface area contributed by atoms with E-state index in [1.54, 1.807) is 4.68 Å². The van der Waals surface area contributed by atoms with Crippen LogP contribution in [-0.4, -0.2) is 24.3 Å². The highest BCUT2D eigenvalue weighted by Crippen LogP contribution is 2.20. The predicted octanol–water partition coefficient (Wildman–Crippen LogP) is 1.38. The largest absolute Gasteiger partial charge is 0.390 e. The van der Waals surface area contributed by atoms with Crippen LogP contribution in [0.1, 0.15) is 11.4 Å². The number of fused-ring (bicyclic) bond motifs is 1. The molecule has 0 aliphatic heterocycles. The maximum atomic E-state index is 9.39. The maximum Gasteiger partial charge on any atom is 0.196 e. The summed E-state index contributed by atoms with van der Waals surface area (Å²) < 4.78 is 3.58. The van der Waals surface area contributed by atoms with Gasteiger partial charge in [0.15, 0.2) is 10.8 Å². The van der Waals surface area contributed by atoms with E-state index < -0.39 is 0 Å². The van der Waals surface area contributed by atoms with E-state index in [9.17, 15) is 5.11 Å². The van der Waals surface area contributed by atoms with Crippen LogP contribution in [0, 0.1) is 6.92 Å². The zero-order valence-electron chi connectivity index (χ0n) is 8.66. The third-order valence-electron chi connectivity index (χ3n) is 2.43. The van der Waals surface area contributed by atoms with Gasteiger partial charge in [-0.2, -0.15) is 10.1 Å². The highest BCUT2D eigenvalue weighted by atomic mass is 32.1. The summed E-state index contributed by atoms with van der Waals surface area (Å²) >= 11 is 1.54. The average molecular weight is 234 g/mol. The Morgan fingerprint density at radius 1 is 1.44 bits per heavy atom. The van der Waals surface area contributed by atoms with Crippen LogP contribution in [0.25, 0.3) is 10.8 Å². The molecule has 6 heteroatoms. The van der Waals surface area contributed by atoms with Gasteiger partial charge in [-0.3, -0.25) is 4.40 Å². The van der Waals surface area contributed by atoms with E-state index in [0.29, 0.717) is 5.82 Å². The second kappa shape index (κ2) is 3.43. The number of hydrogen-bond acceptors (Lipinski definition) is 4. The highest BCUT2D eigenvalue weighted by Gasteiger charge is 2.14. The molecule has 0 fully saturated rings. The fraction of sp³-hybridized carbons (Fsp3) is 0.200. The van der Waals surface area contributed by atoms with Crippen LogP contribution < -0.4 is 0 Å². The Bertz CT molecular complexity index is 636. The van der Waals surface area contributed by atoms with Gasteiger partial charge in [0, 0.05) is 17.8 Å². The van der Waals surface area contributed by atoms with Gasteiger partial charge in [-0.25, -0.2) is 4.68 Å². The molecule has 0 unspecified atom stereocenters. The Balaban J connectivity index is 2.26. The molecule has 0 bridgehead atoms. The number of nitrogens with zero attached hydrogens (tertiary/aromatic N) is 4. The number of aliphatic hydroxyl groups excluding tert-OH is 1. The van der Waals surface area contributed by atoms with Crippen LogP contribution in [-0.2, 0) is 6.61 Å². The second-order valence-electron chi connectivity index (χ2n) is 3.50. The smallest absolute Gasteiger partial charge is 0.196 e. The summed E-state index contributed by atoms with van der Waals surface area (Å²) in [5.41, 5.74) is 1.69. The van der Waals surface area contributed by atoms with E-state index in [1.807, 2.05) is 35.2 Å². The molecule has 3 heterocycles. The van der Waals surface area contributed by atoms with Crippen LogP contribution in [0.15, 0.2) is 23.8 Å². The van der Waals surface area contributed by atoms with Crippen LogP contribution in [0.4, 0.5) is 0 Å². The molecule has 5 nitrogen and oxygen atoms in total. The third kappa shape index (κ3) is 1.27. The van der Waals surface area contributed by atoms with Crippen molar-refractivity contribution in [2.24, 2.45) is 0 Å². The summed E-state index contributed by atoms with van der Waals surface area (Å²) in [4.78, 5) is 5.32. The van der Waals surface area contributed by atoms with E-state index >= 15 is 0 Å². The fourth-order valence-electron chi connectivity index (χ4n) is 1.68. The summed E-state index contributed by atoms with van der Waals surface area (Å²) in [5.74, 6) is 0.697. The van der Waals surface area contributed by atoms with E-state index in [0.717, 1.165) is 16.3 Å². The first kappa shape index (κ1) is 9.56. The number of thiazole rings is 1. The molecule has 0 amide bonds. The molecule has 0 aromatic carbocycles. The number of aryl methyl sites for hydroxylation is 1. The first-order chi connectivity index (χ1) is 7.79. The molecule has 0 spiro atoms. The van der Waals surface area contributed by atoms with Crippen molar-refractivity contribution in [3.05, 3.63) is 35.2 Å². The minimum absolute atomic E-state index is 0.0495. The lowest BCUT2D eigenvalue weighted by molar-refractivity contribution is 0.275. The van der Waals surface area contributed by atoms with Gasteiger partial charge in [0.1, 0.15) is 0 Å². The third-order valence-corrected chi connectivity index (χ3v) is 3.19. The molecule has 3 aromatic heterocycles. The summed E-state index contributed by atoms with van der Waals surface area (Å²) in [5, 5.41) is 15.6. The van der Waals surface area contributed by atoms with Gasteiger partial charge in [0.05, 0.1) is 18.0 Å². The molecule has 0 saturated heterocycles. The molecule has 82 valence electrons. The van der Waals surface area contributed by atoms with Crippen LogP contribution in [0.3, 0.4) is 0 Å². The zero-order chi connectivity index (χ0) is 11.1. The fourth-order valence-corrected chi connectivity index (χ4v) is 2.41. The zero-order valence-corrected chi connectivity index (χ0v) is 9.48. The predicted molar refractivity (Wildman–Crippen MR) is 60.9 cm³/mol. The minimum Gasteiger partial charge on any atom is -0.390 e. The molecule has 0 atom stereocenters. The van der Waals surface area contributed by atoms with Crippen LogP contribution in [0.2, 0.25) is 0 Å². The maximum absolute atomic E-state index is 9.39. The number of imidazole rings is 1. The standard InChI is InChI=1S/C10H10N4OS/c1-7-2-3-14(12-7)9-8(6-15)13-4-5-16-10(13)11-9/h2-5,15H,6H2,1H3. The summed E-state index contributed by atoms with van der Waals surface area (Å²) in [6.45, 7) is 1.87. The van der Waals surface area contributed by atoms with Gasteiger partial charge in [-0.1, -0.05) is 0 Å². The molecule has 0 aliphatic rings. The Morgan fingerprint density at radius 3 is 3.00 bits per heavy atom. The lowest BCUT2D eigenvalue weighted by Crippen LogP contribution is -2.01. The number of hydrogen-bond donors (Lipinski definition) is 1. The van der Waals surface area contributed by atoms with Gasteiger partial charge < -0.3 is 5.11 Å². The van der Waals surface area contributed by atoms with Gasteiger partial charge in [-0.05, 0) is 13.0 Å². The van der Waals surface area contributed by atoms with Crippen molar-refractivity contribution in [3.63, 3.8) is 0 Å². The molecule has 0 aliphatic carbocycles.